The van der Waals surface area contributed by atoms with E-state index in [0.717, 1.165) is 29.7 Å². The van der Waals surface area contributed by atoms with E-state index in [1.807, 2.05) is 19.9 Å². The van der Waals surface area contributed by atoms with E-state index in [0.29, 0.717) is 17.7 Å². The molecule has 0 saturated heterocycles. The van der Waals surface area contributed by atoms with Crippen molar-refractivity contribution in [3.8, 4) is 5.75 Å². The molecular formula is C18H20BrNO. The molecule has 110 valence electrons. The fourth-order valence-corrected chi connectivity index (χ4v) is 3.62. The van der Waals surface area contributed by atoms with Gasteiger partial charge in [-0.2, -0.15) is 0 Å². The lowest BCUT2D eigenvalue weighted by Crippen LogP contribution is -2.34. The van der Waals surface area contributed by atoms with Crippen molar-refractivity contribution in [1.29, 1.82) is 0 Å². The first kappa shape index (κ1) is 14.5. The van der Waals surface area contributed by atoms with Gasteiger partial charge in [-0.05, 0) is 55.9 Å². The lowest BCUT2D eigenvalue weighted by Gasteiger charge is -2.37. The summed E-state index contributed by atoms with van der Waals surface area (Å²) in [5, 5.41) is 13.6. The first-order valence-electron chi connectivity index (χ1n) is 7.36. The normalized spacial score (nSPS) is 20.9. The van der Waals surface area contributed by atoms with Crippen molar-refractivity contribution in [3.63, 3.8) is 0 Å². The van der Waals surface area contributed by atoms with Crippen molar-refractivity contribution >= 4 is 21.6 Å². The highest BCUT2D eigenvalue weighted by Gasteiger charge is 2.31. The Hall–Kier alpha value is -1.48. The molecular weight excluding hydrogens is 326 g/mol. The summed E-state index contributed by atoms with van der Waals surface area (Å²) in [6.45, 7) is 3.90. The van der Waals surface area contributed by atoms with Crippen LogP contribution in [-0.4, -0.2) is 11.1 Å². The average molecular weight is 346 g/mol. The third-order valence-electron chi connectivity index (χ3n) is 4.48. The van der Waals surface area contributed by atoms with Crippen LogP contribution in [0.1, 0.15) is 35.4 Å². The largest absolute Gasteiger partial charge is 0.507 e. The van der Waals surface area contributed by atoms with Gasteiger partial charge < -0.3 is 10.4 Å². The number of halogens is 1. The number of rotatable bonds is 3. The van der Waals surface area contributed by atoms with Crippen molar-refractivity contribution in [2.24, 2.45) is 0 Å². The number of hydrogen-bond donors (Lipinski definition) is 2. The minimum atomic E-state index is 0.404. The topological polar surface area (TPSA) is 32.3 Å². The summed E-state index contributed by atoms with van der Waals surface area (Å²) in [6.07, 6.45) is 2.27. The van der Waals surface area contributed by atoms with Crippen LogP contribution in [0.15, 0.2) is 40.9 Å². The summed E-state index contributed by atoms with van der Waals surface area (Å²) in [5.74, 6) is 1.03. The van der Waals surface area contributed by atoms with E-state index in [2.05, 4.69) is 51.6 Å². The molecule has 0 atom stereocenters. The van der Waals surface area contributed by atoms with Crippen molar-refractivity contribution in [3.05, 3.63) is 57.6 Å². The fraction of sp³-hybridized carbons (Fsp3) is 0.333. The molecule has 1 aliphatic carbocycles. The predicted molar refractivity (Wildman–Crippen MR) is 91.1 cm³/mol. The Labute approximate surface area is 134 Å². The summed E-state index contributed by atoms with van der Waals surface area (Å²) < 4.78 is 1.21. The Balaban J connectivity index is 1.66. The van der Waals surface area contributed by atoms with E-state index in [9.17, 15) is 5.11 Å². The first-order valence-corrected chi connectivity index (χ1v) is 8.15. The number of aryl methyl sites for hydroxylation is 1. The van der Waals surface area contributed by atoms with Gasteiger partial charge in [0.25, 0.3) is 0 Å². The lowest BCUT2D eigenvalue weighted by molar-refractivity contribution is 0.372. The van der Waals surface area contributed by atoms with Crippen LogP contribution in [0.2, 0.25) is 0 Å². The Kier molecular flexibility index (Phi) is 3.94. The summed E-state index contributed by atoms with van der Waals surface area (Å²) in [5.41, 5.74) is 4.32. The Bertz CT molecular complexity index is 662. The molecule has 3 rings (SSSR count). The van der Waals surface area contributed by atoms with E-state index in [1.54, 1.807) is 0 Å². The molecule has 1 aliphatic rings. The van der Waals surface area contributed by atoms with Crippen LogP contribution >= 0.6 is 15.9 Å². The van der Waals surface area contributed by atoms with Crippen LogP contribution in [0.25, 0.3) is 0 Å². The van der Waals surface area contributed by atoms with Crippen LogP contribution in [-0.2, 0) is 0 Å². The zero-order valence-electron chi connectivity index (χ0n) is 12.4. The van der Waals surface area contributed by atoms with Gasteiger partial charge in [-0.15, -0.1) is 0 Å². The third kappa shape index (κ3) is 2.80. The Morgan fingerprint density at radius 2 is 1.81 bits per heavy atom. The second-order valence-electron chi connectivity index (χ2n) is 5.93. The van der Waals surface area contributed by atoms with Gasteiger partial charge in [0.05, 0.1) is 0 Å². The highest BCUT2D eigenvalue weighted by Crippen LogP contribution is 2.42. The van der Waals surface area contributed by atoms with Crippen molar-refractivity contribution in [1.82, 2.24) is 0 Å². The predicted octanol–water partition coefficient (Wildman–Crippen LogP) is 5.13. The van der Waals surface area contributed by atoms with Gasteiger partial charge in [-0.1, -0.05) is 40.2 Å². The maximum atomic E-state index is 10.0. The molecule has 1 saturated carbocycles. The molecule has 2 N–H and O–H groups in total. The first-order chi connectivity index (χ1) is 10.1. The van der Waals surface area contributed by atoms with E-state index < -0.39 is 0 Å². The summed E-state index contributed by atoms with van der Waals surface area (Å²) in [4.78, 5) is 0. The number of phenols is 1. The van der Waals surface area contributed by atoms with Crippen molar-refractivity contribution in [2.45, 2.75) is 38.6 Å². The minimum absolute atomic E-state index is 0.404. The molecule has 0 unspecified atom stereocenters. The molecule has 2 aromatic carbocycles. The SMILES string of the molecule is Cc1ccc(NC2CC(c3ccccc3Br)C2)c(C)c1O. The van der Waals surface area contributed by atoms with Gasteiger partial charge in [0.1, 0.15) is 5.75 Å². The highest BCUT2D eigenvalue weighted by atomic mass is 79.9. The van der Waals surface area contributed by atoms with Crippen LogP contribution in [0.4, 0.5) is 5.69 Å². The zero-order chi connectivity index (χ0) is 15.0. The van der Waals surface area contributed by atoms with Crippen molar-refractivity contribution in [2.75, 3.05) is 5.32 Å². The summed E-state index contributed by atoms with van der Waals surface area (Å²) in [7, 11) is 0. The number of hydrogen-bond acceptors (Lipinski definition) is 2. The third-order valence-corrected chi connectivity index (χ3v) is 5.20. The smallest absolute Gasteiger partial charge is 0.123 e. The lowest BCUT2D eigenvalue weighted by atomic mass is 9.75. The Morgan fingerprint density at radius 3 is 2.52 bits per heavy atom. The Morgan fingerprint density at radius 1 is 1.10 bits per heavy atom. The van der Waals surface area contributed by atoms with Gasteiger partial charge >= 0.3 is 0 Å². The number of aromatic hydroxyl groups is 1. The number of phenolic OH excluding ortho intramolecular Hbond substituents is 1. The van der Waals surface area contributed by atoms with E-state index in [1.165, 1.54) is 10.0 Å². The maximum Gasteiger partial charge on any atom is 0.123 e. The molecule has 0 heterocycles. The molecule has 2 aromatic rings. The zero-order valence-corrected chi connectivity index (χ0v) is 13.9. The summed E-state index contributed by atoms with van der Waals surface area (Å²) >= 11 is 3.63. The van der Waals surface area contributed by atoms with Crippen LogP contribution in [0.5, 0.6) is 5.75 Å². The van der Waals surface area contributed by atoms with E-state index >= 15 is 0 Å². The van der Waals surface area contributed by atoms with Crippen molar-refractivity contribution < 1.29 is 5.11 Å². The quantitative estimate of drug-likeness (QED) is 0.808. The van der Waals surface area contributed by atoms with Gasteiger partial charge in [-0.3, -0.25) is 0 Å². The molecule has 0 aromatic heterocycles. The number of anilines is 1. The average Bonchev–Trinajstić information content (AvgIpc) is 2.43. The molecule has 2 nitrogen and oxygen atoms in total. The molecule has 21 heavy (non-hydrogen) atoms. The molecule has 3 heteroatoms. The number of benzene rings is 2. The van der Waals surface area contributed by atoms with E-state index in [4.69, 9.17) is 0 Å². The highest BCUT2D eigenvalue weighted by molar-refractivity contribution is 9.10. The second-order valence-corrected chi connectivity index (χ2v) is 6.79. The molecule has 0 aliphatic heterocycles. The van der Waals surface area contributed by atoms with Crippen LogP contribution < -0.4 is 5.32 Å². The van der Waals surface area contributed by atoms with Crippen LogP contribution in [0.3, 0.4) is 0 Å². The van der Waals surface area contributed by atoms with E-state index in [-0.39, 0.29) is 0 Å². The summed E-state index contributed by atoms with van der Waals surface area (Å²) in [6, 6.07) is 13.0. The van der Waals surface area contributed by atoms with Gasteiger partial charge in [-0.25, -0.2) is 0 Å². The standard InChI is InChI=1S/C18H20BrNO/c1-11-7-8-17(12(2)18(11)21)20-14-9-13(10-14)15-5-3-4-6-16(15)19/h3-8,13-14,20-21H,9-10H2,1-2H3. The minimum Gasteiger partial charge on any atom is -0.507 e. The number of nitrogens with one attached hydrogen (secondary N) is 1. The fourth-order valence-electron chi connectivity index (χ4n) is 3.01. The molecule has 0 spiro atoms. The molecule has 0 bridgehead atoms. The van der Waals surface area contributed by atoms with Crippen LogP contribution in [0, 0.1) is 13.8 Å². The molecule has 0 radical (unpaired) electrons. The van der Waals surface area contributed by atoms with Gasteiger partial charge in [0.2, 0.25) is 0 Å². The molecule has 1 fully saturated rings. The maximum absolute atomic E-state index is 10.0. The molecule has 0 amide bonds. The monoisotopic (exact) mass is 345 g/mol. The van der Waals surface area contributed by atoms with Gasteiger partial charge in [0.15, 0.2) is 0 Å². The van der Waals surface area contributed by atoms with Gasteiger partial charge in [0, 0.05) is 21.8 Å². The second kappa shape index (κ2) is 5.72.